The fraction of sp³-hybridized carbons (Fsp3) is 0.917. The molecular weight excluding hydrogens is 210 g/mol. The van der Waals surface area contributed by atoms with Crippen LogP contribution in [0.15, 0.2) is 0 Å². The van der Waals surface area contributed by atoms with Gasteiger partial charge in [0.15, 0.2) is 0 Å². The molecule has 0 N–H and O–H groups in total. The molecule has 0 aliphatic heterocycles. The summed E-state index contributed by atoms with van der Waals surface area (Å²) in [6, 6.07) is 0. The second-order valence-electron chi connectivity index (χ2n) is 4.50. The molecule has 0 bridgehead atoms. The number of hydrogen-bond acceptors (Lipinski definition) is 1. The van der Waals surface area contributed by atoms with Gasteiger partial charge in [0, 0.05) is 24.4 Å². The van der Waals surface area contributed by atoms with Crippen molar-refractivity contribution in [3.63, 3.8) is 0 Å². The quantitative estimate of drug-likeness (QED) is 0.684. The van der Waals surface area contributed by atoms with Crippen molar-refractivity contribution in [2.24, 2.45) is 11.8 Å². The second-order valence-corrected chi connectivity index (χ2v) is 5.12. The normalized spacial score (nSPS) is 31.3. The smallest absolute Gasteiger partial charge is 0.225 e. The third kappa shape index (κ3) is 3.10. The van der Waals surface area contributed by atoms with E-state index in [0.29, 0.717) is 11.8 Å². The van der Waals surface area contributed by atoms with Crippen molar-refractivity contribution < 1.29 is 4.79 Å². The van der Waals surface area contributed by atoms with E-state index in [1.807, 2.05) is 18.7 Å². The molecule has 1 aliphatic carbocycles. The molecule has 1 fully saturated rings. The highest BCUT2D eigenvalue weighted by Crippen LogP contribution is 2.33. The van der Waals surface area contributed by atoms with Crippen molar-refractivity contribution >= 4 is 17.5 Å². The highest BCUT2D eigenvalue weighted by Gasteiger charge is 2.33. The lowest BCUT2D eigenvalue weighted by atomic mass is 9.79. The lowest BCUT2D eigenvalue weighted by Gasteiger charge is -2.34. The van der Waals surface area contributed by atoms with Gasteiger partial charge in [0.2, 0.25) is 5.91 Å². The van der Waals surface area contributed by atoms with Crippen LogP contribution in [0.5, 0.6) is 0 Å². The van der Waals surface area contributed by atoms with Crippen LogP contribution in [-0.2, 0) is 4.79 Å². The molecule has 1 rings (SSSR count). The Morgan fingerprint density at radius 1 is 1.33 bits per heavy atom. The summed E-state index contributed by atoms with van der Waals surface area (Å²) < 4.78 is 0. The minimum atomic E-state index is 0.154. The zero-order valence-electron chi connectivity index (χ0n) is 10.0. The van der Waals surface area contributed by atoms with Gasteiger partial charge in [-0.3, -0.25) is 4.79 Å². The highest BCUT2D eigenvalue weighted by atomic mass is 35.5. The first-order valence-corrected chi connectivity index (χ1v) is 6.46. The van der Waals surface area contributed by atoms with E-state index < -0.39 is 0 Å². The molecule has 0 saturated heterocycles. The highest BCUT2D eigenvalue weighted by molar-refractivity contribution is 6.20. The van der Waals surface area contributed by atoms with Crippen molar-refractivity contribution in [1.29, 1.82) is 0 Å². The topological polar surface area (TPSA) is 20.3 Å². The summed E-state index contributed by atoms with van der Waals surface area (Å²) in [6.45, 7) is 7.87. The van der Waals surface area contributed by atoms with Gasteiger partial charge < -0.3 is 4.90 Å². The molecule has 2 nitrogen and oxygen atoms in total. The standard InChI is InChI=1S/C12H22ClNO/c1-4-14(5-2)12(15)11-8-10(13)7-6-9(11)3/h9-11H,4-8H2,1-3H3. The van der Waals surface area contributed by atoms with Crippen molar-refractivity contribution in [2.75, 3.05) is 13.1 Å². The predicted octanol–water partition coefficient (Wildman–Crippen LogP) is 2.90. The first-order chi connectivity index (χ1) is 7.10. The minimum Gasteiger partial charge on any atom is -0.343 e. The fourth-order valence-electron chi connectivity index (χ4n) is 2.38. The van der Waals surface area contributed by atoms with Crippen molar-refractivity contribution in [2.45, 2.75) is 45.4 Å². The summed E-state index contributed by atoms with van der Waals surface area (Å²) in [4.78, 5) is 14.1. The van der Waals surface area contributed by atoms with Gasteiger partial charge in [-0.25, -0.2) is 0 Å². The zero-order valence-corrected chi connectivity index (χ0v) is 10.8. The Balaban J connectivity index is 2.63. The summed E-state index contributed by atoms with van der Waals surface area (Å²) in [5, 5.41) is 0.200. The molecular formula is C12H22ClNO. The molecule has 0 heterocycles. The summed E-state index contributed by atoms with van der Waals surface area (Å²) in [5.74, 6) is 0.951. The lowest BCUT2D eigenvalue weighted by Crippen LogP contribution is -2.41. The Kier molecular flexibility index (Phi) is 4.91. The van der Waals surface area contributed by atoms with Crippen LogP contribution in [0.4, 0.5) is 0 Å². The Morgan fingerprint density at radius 2 is 1.93 bits per heavy atom. The van der Waals surface area contributed by atoms with Crippen LogP contribution >= 0.6 is 11.6 Å². The molecule has 0 aromatic heterocycles. The van der Waals surface area contributed by atoms with Gasteiger partial charge >= 0.3 is 0 Å². The molecule has 0 spiro atoms. The van der Waals surface area contributed by atoms with E-state index in [0.717, 1.165) is 32.4 Å². The molecule has 88 valence electrons. The largest absolute Gasteiger partial charge is 0.343 e. The molecule has 1 aliphatic rings. The van der Waals surface area contributed by atoms with E-state index in [4.69, 9.17) is 11.6 Å². The molecule has 3 atom stereocenters. The van der Waals surface area contributed by atoms with Gasteiger partial charge in [0.25, 0.3) is 0 Å². The van der Waals surface area contributed by atoms with Crippen molar-refractivity contribution in [3.05, 3.63) is 0 Å². The minimum absolute atomic E-state index is 0.154. The van der Waals surface area contributed by atoms with Gasteiger partial charge in [-0.1, -0.05) is 6.92 Å². The Hall–Kier alpha value is -0.240. The zero-order chi connectivity index (χ0) is 11.4. The molecule has 0 radical (unpaired) electrons. The number of carbonyl (C=O) groups is 1. The second kappa shape index (κ2) is 5.74. The van der Waals surface area contributed by atoms with E-state index in [1.54, 1.807) is 0 Å². The van der Waals surface area contributed by atoms with Crippen LogP contribution in [0.25, 0.3) is 0 Å². The molecule has 0 aromatic carbocycles. The van der Waals surface area contributed by atoms with E-state index in [-0.39, 0.29) is 11.3 Å². The van der Waals surface area contributed by atoms with Crippen molar-refractivity contribution in [3.8, 4) is 0 Å². The van der Waals surface area contributed by atoms with E-state index in [9.17, 15) is 4.79 Å². The van der Waals surface area contributed by atoms with Crippen molar-refractivity contribution in [1.82, 2.24) is 4.90 Å². The average Bonchev–Trinajstić information content (AvgIpc) is 2.23. The lowest BCUT2D eigenvalue weighted by molar-refractivity contribution is -0.137. The Morgan fingerprint density at radius 3 is 2.47 bits per heavy atom. The van der Waals surface area contributed by atoms with E-state index in [1.165, 1.54) is 0 Å². The SMILES string of the molecule is CCN(CC)C(=O)C1CC(Cl)CCC1C. The average molecular weight is 232 g/mol. The van der Waals surface area contributed by atoms with Crippen LogP contribution < -0.4 is 0 Å². The third-order valence-corrected chi connectivity index (χ3v) is 3.92. The number of hydrogen-bond donors (Lipinski definition) is 0. The maximum atomic E-state index is 12.2. The maximum Gasteiger partial charge on any atom is 0.225 e. The van der Waals surface area contributed by atoms with Crippen LogP contribution in [-0.4, -0.2) is 29.3 Å². The summed E-state index contributed by atoms with van der Waals surface area (Å²) in [7, 11) is 0. The fourth-order valence-corrected chi connectivity index (χ4v) is 2.70. The maximum absolute atomic E-state index is 12.2. The van der Waals surface area contributed by atoms with E-state index in [2.05, 4.69) is 6.92 Å². The number of carbonyl (C=O) groups excluding carboxylic acids is 1. The van der Waals surface area contributed by atoms with E-state index >= 15 is 0 Å². The summed E-state index contributed by atoms with van der Waals surface area (Å²) >= 11 is 6.14. The monoisotopic (exact) mass is 231 g/mol. The Labute approximate surface area is 98.0 Å². The molecule has 3 heteroatoms. The predicted molar refractivity (Wildman–Crippen MR) is 64.1 cm³/mol. The number of amides is 1. The summed E-state index contributed by atoms with van der Waals surface area (Å²) in [6.07, 6.45) is 3.01. The van der Waals surface area contributed by atoms with Crippen LogP contribution in [0.2, 0.25) is 0 Å². The van der Waals surface area contributed by atoms with Gasteiger partial charge in [0.05, 0.1) is 0 Å². The number of rotatable bonds is 3. The van der Waals surface area contributed by atoms with Gasteiger partial charge in [-0.05, 0) is 39.0 Å². The first kappa shape index (κ1) is 12.8. The third-order valence-electron chi connectivity index (χ3n) is 3.52. The van der Waals surface area contributed by atoms with Gasteiger partial charge in [-0.2, -0.15) is 0 Å². The number of nitrogens with zero attached hydrogens (tertiary/aromatic N) is 1. The first-order valence-electron chi connectivity index (χ1n) is 6.02. The van der Waals surface area contributed by atoms with Crippen LogP contribution in [0.3, 0.4) is 0 Å². The molecule has 15 heavy (non-hydrogen) atoms. The summed E-state index contributed by atoms with van der Waals surface area (Å²) in [5.41, 5.74) is 0. The van der Waals surface area contributed by atoms with Gasteiger partial charge in [0.1, 0.15) is 0 Å². The molecule has 3 unspecified atom stereocenters. The number of alkyl halides is 1. The Bertz CT molecular complexity index is 216. The van der Waals surface area contributed by atoms with Crippen LogP contribution in [0, 0.1) is 11.8 Å². The molecule has 0 aromatic rings. The number of halogens is 1. The van der Waals surface area contributed by atoms with Crippen LogP contribution in [0.1, 0.15) is 40.0 Å². The van der Waals surface area contributed by atoms with Gasteiger partial charge in [-0.15, -0.1) is 11.6 Å². The molecule has 1 amide bonds. The molecule has 1 saturated carbocycles.